The molecule has 2 aromatic heterocycles. The van der Waals surface area contributed by atoms with Gasteiger partial charge in [0.15, 0.2) is 0 Å². The second-order valence-electron chi connectivity index (χ2n) is 9.35. The molecule has 0 atom stereocenters. The Bertz CT molecular complexity index is 2090. The Morgan fingerprint density at radius 1 is 0.545 bits per heavy atom. The van der Waals surface area contributed by atoms with E-state index < -0.39 is 0 Å². The topological polar surface area (TPSA) is 28.7 Å². The second-order valence-corrected chi connectivity index (χ2v) is 9.35. The highest BCUT2D eigenvalue weighted by atomic mass is 14.7. The zero-order valence-corrected chi connectivity index (χ0v) is 18.5. The van der Waals surface area contributed by atoms with Gasteiger partial charge < -0.3 is 4.98 Å². The first-order valence-corrected chi connectivity index (χ1v) is 11.5. The van der Waals surface area contributed by atoms with Gasteiger partial charge in [-0.2, -0.15) is 0 Å². The van der Waals surface area contributed by atoms with Crippen LogP contribution < -0.4 is 0 Å². The minimum Gasteiger partial charge on any atom is -0.361 e. The van der Waals surface area contributed by atoms with Crippen molar-refractivity contribution < 1.29 is 0 Å². The average molecular weight is 421 g/mol. The highest BCUT2D eigenvalue weighted by Crippen LogP contribution is 2.46. The monoisotopic (exact) mass is 420 g/mol. The maximum atomic E-state index is 5.15. The van der Waals surface area contributed by atoms with E-state index in [2.05, 4.69) is 91.6 Å². The van der Waals surface area contributed by atoms with E-state index in [1.165, 1.54) is 75.9 Å². The van der Waals surface area contributed by atoms with Crippen LogP contribution in [-0.2, 0) is 0 Å². The van der Waals surface area contributed by atoms with Gasteiger partial charge in [0.2, 0.25) is 0 Å². The number of H-pyrrole nitrogens is 1. The largest absolute Gasteiger partial charge is 0.361 e. The zero-order chi connectivity index (χ0) is 21.8. The maximum Gasteiger partial charge on any atom is 0.0725 e. The van der Waals surface area contributed by atoms with Gasteiger partial charge >= 0.3 is 0 Å². The predicted molar refractivity (Wildman–Crippen MR) is 142 cm³/mol. The lowest BCUT2D eigenvalue weighted by molar-refractivity contribution is 1.42. The molecule has 0 bridgehead atoms. The van der Waals surface area contributed by atoms with Crippen LogP contribution in [0.15, 0.2) is 79.0 Å². The van der Waals surface area contributed by atoms with Crippen molar-refractivity contribution in [3.63, 3.8) is 0 Å². The number of aromatic amines is 1. The summed E-state index contributed by atoms with van der Waals surface area (Å²) in [4.78, 5) is 8.60. The second kappa shape index (κ2) is 5.79. The van der Waals surface area contributed by atoms with Crippen LogP contribution in [-0.4, -0.2) is 9.97 Å². The molecule has 2 heterocycles. The maximum absolute atomic E-state index is 5.15. The van der Waals surface area contributed by atoms with Crippen LogP contribution in [0, 0.1) is 13.8 Å². The van der Waals surface area contributed by atoms with Crippen LogP contribution in [0.3, 0.4) is 0 Å². The van der Waals surface area contributed by atoms with Crippen LogP contribution in [0.4, 0.5) is 0 Å². The number of pyridine rings is 1. The van der Waals surface area contributed by atoms with Gasteiger partial charge in [-0.15, -0.1) is 0 Å². The fourth-order valence-electron chi connectivity index (χ4n) is 6.29. The summed E-state index contributed by atoms with van der Waals surface area (Å²) in [5, 5.41) is 14.4. The Morgan fingerprint density at radius 3 is 2.15 bits per heavy atom. The van der Waals surface area contributed by atoms with Crippen molar-refractivity contribution in [2.45, 2.75) is 13.8 Å². The lowest BCUT2D eigenvalue weighted by atomic mass is 9.96. The summed E-state index contributed by atoms with van der Waals surface area (Å²) >= 11 is 0. The number of aromatic nitrogens is 2. The molecule has 0 spiro atoms. The molecule has 0 amide bonds. The SMILES string of the molecule is Cc1cc2nc3cc4c5cc6[nH]cccc6c6cccc(c4c(C)c3c2c2ccccc12)c65. The minimum atomic E-state index is 1.09. The number of benzene rings is 5. The summed E-state index contributed by atoms with van der Waals surface area (Å²) < 4.78 is 0. The van der Waals surface area contributed by atoms with Crippen molar-refractivity contribution >= 4 is 75.8 Å². The summed E-state index contributed by atoms with van der Waals surface area (Å²) in [7, 11) is 0. The number of aryl methyl sites for hydroxylation is 2. The Balaban J connectivity index is 1.68. The van der Waals surface area contributed by atoms with Crippen molar-refractivity contribution in [1.82, 2.24) is 9.97 Å². The first-order valence-electron chi connectivity index (χ1n) is 11.5. The van der Waals surface area contributed by atoms with E-state index in [9.17, 15) is 0 Å². The van der Waals surface area contributed by atoms with Gasteiger partial charge in [-0.05, 0) is 92.3 Å². The normalized spacial score (nSPS) is 12.5. The van der Waals surface area contributed by atoms with Crippen LogP contribution in [0.25, 0.3) is 75.8 Å². The number of hydrogen-bond donors (Lipinski definition) is 1. The summed E-state index contributed by atoms with van der Waals surface area (Å²) in [6.07, 6.45) is 2.01. The van der Waals surface area contributed by atoms with Crippen molar-refractivity contribution in [2.24, 2.45) is 0 Å². The molecule has 2 nitrogen and oxygen atoms in total. The van der Waals surface area contributed by atoms with Crippen LogP contribution in [0.5, 0.6) is 0 Å². The lowest BCUT2D eigenvalue weighted by Gasteiger charge is -2.06. The van der Waals surface area contributed by atoms with E-state index in [0.29, 0.717) is 0 Å². The molecule has 0 saturated carbocycles. The molecule has 2 heteroatoms. The van der Waals surface area contributed by atoms with E-state index in [4.69, 9.17) is 4.98 Å². The minimum absolute atomic E-state index is 1.09. The summed E-state index contributed by atoms with van der Waals surface area (Å²) in [6, 6.07) is 26.7. The number of fused-ring (bicyclic) bond motifs is 10. The number of nitrogens with zero attached hydrogens (tertiary/aromatic N) is 1. The third-order valence-electron chi connectivity index (χ3n) is 7.64. The molecule has 0 saturated heterocycles. The van der Waals surface area contributed by atoms with E-state index in [-0.39, 0.29) is 0 Å². The Hall–Kier alpha value is -4.17. The quantitative estimate of drug-likeness (QED) is 0.245. The predicted octanol–water partition coefficient (Wildman–Crippen LogP) is 8.54. The third-order valence-corrected chi connectivity index (χ3v) is 7.64. The van der Waals surface area contributed by atoms with Crippen molar-refractivity contribution in [3.8, 4) is 0 Å². The van der Waals surface area contributed by atoms with Crippen LogP contribution in [0.1, 0.15) is 11.1 Å². The van der Waals surface area contributed by atoms with E-state index in [1.54, 1.807) is 0 Å². The first-order chi connectivity index (χ1) is 16.2. The van der Waals surface area contributed by atoms with Gasteiger partial charge in [0.25, 0.3) is 0 Å². The summed E-state index contributed by atoms with van der Waals surface area (Å²) in [6.45, 7) is 4.47. The highest BCUT2D eigenvalue weighted by Gasteiger charge is 2.20. The van der Waals surface area contributed by atoms with Crippen molar-refractivity contribution in [2.75, 3.05) is 0 Å². The Morgan fingerprint density at radius 2 is 1.24 bits per heavy atom. The van der Waals surface area contributed by atoms with Gasteiger partial charge in [-0.3, -0.25) is 0 Å². The highest BCUT2D eigenvalue weighted by molar-refractivity contribution is 6.37. The third kappa shape index (κ3) is 2.02. The Labute approximate surface area is 189 Å². The molecule has 0 radical (unpaired) electrons. The van der Waals surface area contributed by atoms with E-state index >= 15 is 0 Å². The number of hydrogen-bond acceptors (Lipinski definition) is 1. The smallest absolute Gasteiger partial charge is 0.0725 e. The van der Waals surface area contributed by atoms with E-state index in [1.807, 2.05) is 6.20 Å². The van der Waals surface area contributed by atoms with E-state index in [0.717, 1.165) is 11.0 Å². The first kappa shape index (κ1) is 17.4. The van der Waals surface area contributed by atoms with Gasteiger partial charge in [-0.1, -0.05) is 48.5 Å². The van der Waals surface area contributed by atoms with Gasteiger partial charge in [-0.25, -0.2) is 4.98 Å². The average Bonchev–Trinajstić information content (AvgIpc) is 3.37. The number of nitrogens with one attached hydrogen (secondary N) is 1. The van der Waals surface area contributed by atoms with Crippen LogP contribution in [0.2, 0.25) is 0 Å². The molecule has 0 aliphatic carbocycles. The standard InChI is InChI=1S/C31H20N2/c1-16-13-26-31(20-8-4-3-7-18(16)20)29-17(2)28-22-10-5-9-21-19-11-6-12-32-25(19)14-24(30(21)22)23(28)15-27(29)33-26/h3-15,32H,1-2H3. The fourth-order valence-corrected chi connectivity index (χ4v) is 6.29. The molecule has 0 unspecified atom stereocenters. The fraction of sp³-hybridized carbons (Fsp3) is 0.0645. The van der Waals surface area contributed by atoms with Crippen molar-refractivity contribution in [1.29, 1.82) is 0 Å². The lowest BCUT2D eigenvalue weighted by Crippen LogP contribution is -1.82. The zero-order valence-electron chi connectivity index (χ0n) is 18.5. The molecule has 6 aromatic carbocycles. The molecule has 0 fully saturated rings. The van der Waals surface area contributed by atoms with Gasteiger partial charge in [0.1, 0.15) is 0 Å². The molecule has 8 aromatic rings. The summed E-state index contributed by atoms with van der Waals surface area (Å²) in [5.41, 5.74) is 5.97. The molecule has 0 aliphatic heterocycles. The molecule has 8 rings (SSSR count). The molecule has 1 N–H and O–H groups in total. The molecule has 33 heavy (non-hydrogen) atoms. The molecular weight excluding hydrogens is 400 g/mol. The van der Waals surface area contributed by atoms with Crippen LogP contribution >= 0.6 is 0 Å². The Kier molecular flexibility index (Phi) is 3.05. The van der Waals surface area contributed by atoms with Gasteiger partial charge in [0, 0.05) is 27.9 Å². The molecule has 0 aliphatic rings. The molecule has 154 valence electrons. The summed E-state index contributed by atoms with van der Waals surface area (Å²) in [5.74, 6) is 0. The number of rotatable bonds is 0. The molecular formula is C31H20N2. The van der Waals surface area contributed by atoms with Crippen molar-refractivity contribution in [3.05, 3.63) is 90.1 Å². The van der Waals surface area contributed by atoms with Gasteiger partial charge in [0.05, 0.1) is 11.0 Å².